The van der Waals surface area contributed by atoms with Crippen LogP contribution in [-0.4, -0.2) is 51.8 Å². The number of benzene rings is 2. The topological polar surface area (TPSA) is 157 Å². The zero-order chi connectivity index (χ0) is 38.5. The van der Waals surface area contributed by atoms with E-state index in [1.54, 1.807) is 52.0 Å². The fourth-order valence-electron chi connectivity index (χ4n) is 5.91. The van der Waals surface area contributed by atoms with Crippen molar-refractivity contribution in [1.29, 1.82) is 0 Å². The third-order valence-electron chi connectivity index (χ3n) is 8.91. The van der Waals surface area contributed by atoms with Crippen molar-refractivity contribution in [2.24, 2.45) is 11.3 Å². The van der Waals surface area contributed by atoms with Crippen LogP contribution in [0.4, 0.5) is 11.4 Å². The summed E-state index contributed by atoms with van der Waals surface area (Å²) in [5, 5.41) is 16.2. The summed E-state index contributed by atoms with van der Waals surface area (Å²) in [6.07, 6.45) is 12.1. The molecule has 1 aromatic heterocycles. The van der Waals surface area contributed by atoms with E-state index in [2.05, 4.69) is 17.6 Å². The number of unbranched alkanes of at least 4 members (excludes halogenated alkanes) is 9. The predicted octanol–water partition coefficient (Wildman–Crippen LogP) is 7.76. The molecule has 52 heavy (non-hydrogen) atoms. The lowest BCUT2D eigenvalue weighted by atomic mass is 9.86. The first-order chi connectivity index (χ1) is 24.5. The van der Waals surface area contributed by atoms with Crippen LogP contribution in [0.15, 0.2) is 59.5 Å². The minimum atomic E-state index is -3.46. The minimum Gasteiger partial charge on any atom is -0.493 e. The Balaban J connectivity index is 1.66. The molecule has 2 aromatic carbocycles. The smallest absolute Gasteiger partial charge is 0.332 e. The molecule has 0 radical (unpaired) electrons. The first-order valence-corrected chi connectivity index (χ1v) is 20.4. The van der Waals surface area contributed by atoms with Gasteiger partial charge in [0, 0.05) is 17.0 Å². The Morgan fingerprint density at radius 1 is 0.865 bits per heavy atom. The predicted molar refractivity (Wildman–Crippen MR) is 208 cm³/mol. The Morgan fingerprint density at radius 3 is 2.06 bits per heavy atom. The highest BCUT2D eigenvalue weighted by Gasteiger charge is 2.39. The van der Waals surface area contributed by atoms with Crippen LogP contribution in [0.25, 0.3) is 0 Å². The lowest BCUT2D eigenvalue weighted by Gasteiger charge is -2.25. The van der Waals surface area contributed by atoms with E-state index >= 15 is 0 Å². The molecule has 0 saturated carbocycles. The lowest BCUT2D eigenvalue weighted by molar-refractivity contribution is -0.135. The van der Waals surface area contributed by atoms with E-state index in [1.165, 1.54) is 67.5 Å². The summed E-state index contributed by atoms with van der Waals surface area (Å²) in [5.41, 5.74) is -0.802. The lowest BCUT2D eigenvalue weighted by Crippen LogP contribution is -2.43. The second-order valence-corrected chi connectivity index (χ2v) is 17.3. The number of nitrogens with one attached hydrogen (secondary N) is 2. The van der Waals surface area contributed by atoms with Gasteiger partial charge in [-0.15, -0.1) is 0 Å². The fourth-order valence-corrected chi connectivity index (χ4v) is 7.80. The number of amides is 2. The number of aromatic hydroxyl groups is 1. The van der Waals surface area contributed by atoms with Crippen molar-refractivity contribution in [3.05, 3.63) is 75.8 Å². The zero-order valence-corrected chi connectivity index (χ0v) is 32.7. The van der Waals surface area contributed by atoms with Crippen molar-refractivity contribution in [2.45, 2.75) is 111 Å². The van der Waals surface area contributed by atoms with Gasteiger partial charge in [-0.05, 0) is 30.2 Å². The monoisotopic (exact) mass is 758 g/mol. The number of halogens is 1. The largest absolute Gasteiger partial charge is 0.493 e. The Hall–Kier alpha value is -3.90. The molecule has 11 nitrogen and oxygen atoms in total. The van der Waals surface area contributed by atoms with E-state index in [9.17, 15) is 32.7 Å². The van der Waals surface area contributed by atoms with Crippen LogP contribution < -0.4 is 16.3 Å². The molecule has 0 aliphatic carbocycles. The number of carbonyl (C=O) groups is 3. The number of Topliss-reactive ketones (excluding diaryl/α,β-unsaturated/α-hetero) is 1. The molecule has 2 amide bonds. The van der Waals surface area contributed by atoms with Crippen molar-refractivity contribution >= 4 is 50.4 Å². The highest BCUT2D eigenvalue weighted by atomic mass is 35.5. The molecule has 13 heteroatoms. The quantitative estimate of drug-likeness (QED) is 0.0740. The van der Waals surface area contributed by atoms with Gasteiger partial charge in [-0.3, -0.25) is 19.0 Å². The molecule has 1 heterocycles. The van der Waals surface area contributed by atoms with Crippen LogP contribution in [0.3, 0.4) is 0 Å². The number of carbonyl (C=O) groups excluding carboxylic acids is 3. The third-order valence-corrected chi connectivity index (χ3v) is 11.2. The maximum absolute atomic E-state index is 13.8. The molecular weight excluding hydrogens is 704 g/mol. The Bertz CT molecular complexity index is 1810. The molecule has 3 rings (SSSR count). The zero-order valence-electron chi connectivity index (χ0n) is 31.1. The second-order valence-electron chi connectivity index (χ2n) is 14.6. The van der Waals surface area contributed by atoms with E-state index in [1.807, 2.05) is 6.07 Å². The van der Waals surface area contributed by atoms with Gasteiger partial charge in [0.15, 0.2) is 21.7 Å². The molecule has 0 fully saturated rings. The van der Waals surface area contributed by atoms with Crippen molar-refractivity contribution in [3.63, 3.8) is 0 Å². The van der Waals surface area contributed by atoms with Gasteiger partial charge >= 0.3 is 5.69 Å². The first kappa shape index (κ1) is 42.5. The number of sulfone groups is 1. The van der Waals surface area contributed by atoms with Crippen molar-refractivity contribution < 1.29 is 27.9 Å². The van der Waals surface area contributed by atoms with Crippen molar-refractivity contribution in [3.8, 4) is 5.88 Å². The molecule has 3 N–H and O–H groups in total. The summed E-state index contributed by atoms with van der Waals surface area (Å²) < 4.78 is 27.5. The molecule has 286 valence electrons. The Labute approximate surface area is 313 Å². The van der Waals surface area contributed by atoms with Gasteiger partial charge in [0.05, 0.1) is 35.0 Å². The number of hydrogen-bond donors (Lipinski definition) is 3. The van der Waals surface area contributed by atoms with E-state index in [4.69, 9.17) is 11.6 Å². The van der Waals surface area contributed by atoms with Crippen LogP contribution in [0.5, 0.6) is 5.88 Å². The summed E-state index contributed by atoms with van der Waals surface area (Å²) >= 11 is 6.40. The molecule has 0 aliphatic rings. The molecule has 3 aromatic rings. The molecule has 2 atom stereocenters. The highest BCUT2D eigenvalue weighted by molar-refractivity contribution is 7.91. The first-order valence-electron chi connectivity index (χ1n) is 18.2. The summed E-state index contributed by atoms with van der Waals surface area (Å²) in [6.45, 7) is 8.64. The van der Waals surface area contributed by atoms with Gasteiger partial charge in [-0.1, -0.05) is 134 Å². The molecule has 0 bridgehead atoms. The van der Waals surface area contributed by atoms with Crippen LogP contribution >= 0.6 is 11.6 Å². The highest BCUT2D eigenvalue weighted by Crippen LogP contribution is 2.30. The summed E-state index contributed by atoms with van der Waals surface area (Å²) in [6, 6.07) is 11.6. The minimum absolute atomic E-state index is 0.0287. The average Bonchev–Trinajstić information content (AvgIpc) is 3.34. The number of aromatic nitrogens is 2. The maximum atomic E-state index is 13.8. The summed E-state index contributed by atoms with van der Waals surface area (Å²) in [4.78, 5) is 54.0. The summed E-state index contributed by atoms with van der Waals surface area (Å²) in [5.74, 6) is -3.76. The molecule has 0 spiro atoms. The Kier molecular flexibility index (Phi) is 16.2. The Morgan fingerprint density at radius 2 is 1.46 bits per heavy atom. The normalized spacial score (nSPS) is 13.0. The van der Waals surface area contributed by atoms with Gasteiger partial charge in [-0.25, -0.2) is 17.8 Å². The summed E-state index contributed by atoms with van der Waals surface area (Å²) in [7, 11) is -3.46. The SMILES string of the molecule is CCCCCCCCCCCCS(=O)(=O)CC(C)C(=O)Nc1ccc(Cl)c(NC(=O)C(C(=O)C(C)(C)C)n2c(O)cn(Cc3ccccc3)c2=O)c1. The van der Waals surface area contributed by atoms with Gasteiger partial charge in [-0.2, -0.15) is 0 Å². The van der Waals surface area contributed by atoms with Crippen LogP contribution in [0.1, 0.15) is 110 Å². The van der Waals surface area contributed by atoms with Gasteiger partial charge < -0.3 is 15.7 Å². The maximum Gasteiger partial charge on any atom is 0.332 e. The molecule has 2 unspecified atom stereocenters. The second kappa shape index (κ2) is 19.8. The number of hydrogen-bond acceptors (Lipinski definition) is 7. The van der Waals surface area contributed by atoms with Gasteiger partial charge in [0.1, 0.15) is 0 Å². The van der Waals surface area contributed by atoms with Crippen LogP contribution in [0, 0.1) is 11.3 Å². The third kappa shape index (κ3) is 12.9. The van der Waals surface area contributed by atoms with Gasteiger partial charge in [0.25, 0.3) is 5.91 Å². The van der Waals surface area contributed by atoms with E-state index in [0.717, 1.165) is 29.4 Å². The standard InChI is InChI=1S/C39H55ClN4O7S/c1-6-7-8-9-10-11-12-13-14-18-23-52(50,51)27-28(2)36(47)41-30-21-22-31(40)32(24-30)42-37(48)34(35(46)39(3,4)5)44-33(45)26-43(38(44)49)25-29-19-16-15-17-20-29/h15-17,19-22,24,26,28,34,45H,6-14,18,23,25,27H2,1-5H3,(H,41,47)(H,42,48). The number of anilines is 2. The van der Waals surface area contributed by atoms with Crippen molar-refractivity contribution in [2.75, 3.05) is 22.1 Å². The van der Waals surface area contributed by atoms with Crippen LogP contribution in [-0.2, 0) is 30.8 Å². The van der Waals surface area contributed by atoms with E-state index in [-0.39, 0.29) is 34.4 Å². The van der Waals surface area contributed by atoms with E-state index < -0.39 is 56.4 Å². The molecule has 0 aliphatic heterocycles. The van der Waals surface area contributed by atoms with Crippen LogP contribution in [0.2, 0.25) is 5.02 Å². The molecular formula is C39H55ClN4O7S. The number of ketones is 1. The average molecular weight is 759 g/mol. The van der Waals surface area contributed by atoms with Gasteiger partial charge in [0.2, 0.25) is 11.8 Å². The number of rotatable bonds is 21. The number of nitrogens with zero attached hydrogens (tertiary/aromatic N) is 2. The number of imidazole rings is 1. The van der Waals surface area contributed by atoms with E-state index in [0.29, 0.717) is 6.42 Å². The van der Waals surface area contributed by atoms with Crippen molar-refractivity contribution in [1.82, 2.24) is 9.13 Å². The fraction of sp³-hybridized carbons (Fsp3) is 0.538. The molecule has 0 saturated heterocycles.